The number of nitrogens with one attached hydrogen (secondary N) is 2. The molecule has 0 aromatic heterocycles. The highest BCUT2D eigenvalue weighted by molar-refractivity contribution is 5.88. The second kappa shape index (κ2) is 7.22. The van der Waals surface area contributed by atoms with Crippen LogP contribution >= 0.6 is 0 Å². The fraction of sp³-hybridized carbons (Fsp3) is 0.867. The molecule has 6 nitrogen and oxygen atoms in total. The van der Waals surface area contributed by atoms with Crippen molar-refractivity contribution in [2.45, 2.75) is 57.0 Å². The van der Waals surface area contributed by atoms with E-state index in [1.54, 1.807) is 0 Å². The van der Waals surface area contributed by atoms with E-state index in [9.17, 15) is 14.7 Å². The van der Waals surface area contributed by atoms with Gasteiger partial charge in [-0.15, -0.1) is 0 Å². The van der Waals surface area contributed by atoms with Crippen LogP contribution in [0.5, 0.6) is 0 Å². The minimum Gasteiger partial charge on any atom is -0.480 e. The standard InChI is InChI=1S/C15H26N2O4/c1-2-8-16-12-10-21-9-11(12)13(18)17-15(14(19)20)6-4-3-5-7-15/h11-12,16H,2-10H2,1H3,(H,17,18)(H,19,20). The number of carbonyl (C=O) groups excluding carboxylic acids is 1. The van der Waals surface area contributed by atoms with Crippen LogP contribution in [0.25, 0.3) is 0 Å². The summed E-state index contributed by atoms with van der Waals surface area (Å²) in [5.41, 5.74) is -1.08. The lowest BCUT2D eigenvalue weighted by Gasteiger charge is -2.35. The van der Waals surface area contributed by atoms with Crippen LogP contribution in [-0.2, 0) is 14.3 Å². The highest BCUT2D eigenvalue weighted by Crippen LogP contribution is 2.29. The van der Waals surface area contributed by atoms with Gasteiger partial charge in [0.05, 0.1) is 19.1 Å². The van der Waals surface area contributed by atoms with Crippen molar-refractivity contribution in [3.8, 4) is 0 Å². The van der Waals surface area contributed by atoms with Gasteiger partial charge in [0.15, 0.2) is 0 Å². The molecule has 2 atom stereocenters. The molecule has 21 heavy (non-hydrogen) atoms. The first-order valence-electron chi connectivity index (χ1n) is 7.95. The SMILES string of the molecule is CCCNC1COCC1C(=O)NC1(C(=O)O)CCCCC1. The molecule has 1 saturated carbocycles. The third-order valence-corrected chi connectivity index (χ3v) is 4.55. The summed E-state index contributed by atoms with van der Waals surface area (Å²) < 4.78 is 5.40. The van der Waals surface area contributed by atoms with Gasteiger partial charge in [0.1, 0.15) is 5.54 Å². The average molecular weight is 298 g/mol. The number of ether oxygens (including phenoxy) is 1. The van der Waals surface area contributed by atoms with E-state index in [1.807, 2.05) is 0 Å². The minimum atomic E-state index is -1.08. The number of hydrogen-bond donors (Lipinski definition) is 3. The first-order chi connectivity index (χ1) is 10.1. The summed E-state index contributed by atoms with van der Waals surface area (Å²) in [6, 6.07) is -0.0145. The number of aliphatic carboxylic acids is 1. The number of amides is 1. The smallest absolute Gasteiger partial charge is 0.329 e. The summed E-state index contributed by atoms with van der Waals surface area (Å²) in [6.45, 7) is 3.78. The number of hydrogen-bond acceptors (Lipinski definition) is 4. The van der Waals surface area contributed by atoms with E-state index < -0.39 is 11.5 Å². The Bertz CT molecular complexity index is 380. The van der Waals surface area contributed by atoms with Crippen molar-refractivity contribution in [3.05, 3.63) is 0 Å². The normalized spacial score (nSPS) is 28.2. The maximum atomic E-state index is 12.5. The second-order valence-corrected chi connectivity index (χ2v) is 6.14. The zero-order valence-corrected chi connectivity index (χ0v) is 12.7. The molecule has 0 aromatic carbocycles. The molecule has 2 fully saturated rings. The molecule has 2 unspecified atom stereocenters. The summed E-state index contributed by atoms with van der Waals surface area (Å²) in [6.07, 6.45) is 4.78. The fourth-order valence-corrected chi connectivity index (χ4v) is 3.22. The lowest BCUT2D eigenvalue weighted by Crippen LogP contribution is -2.58. The molecular formula is C15H26N2O4. The fourth-order valence-electron chi connectivity index (χ4n) is 3.22. The maximum Gasteiger partial charge on any atom is 0.329 e. The van der Waals surface area contributed by atoms with Gasteiger partial charge in [-0.3, -0.25) is 4.79 Å². The average Bonchev–Trinajstić information content (AvgIpc) is 2.94. The Balaban J connectivity index is 1.99. The van der Waals surface area contributed by atoms with Crippen LogP contribution in [0.1, 0.15) is 45.4 Å². The Morgan fingerprint density at radius 3 is 2.57 bits per heavy atom. The van der Waals surface area contributed by atoms with Crippen LogP contribution in [0.3, 0.4) is 0 Å². The predicted octanol–water partition coefficient (Wildman–Crippen LogP) is 0.905. The molecule has 6 heteroatoms. The zero-order valence-electron chi connectivity index (χ0n) is 12.7. The van der Waals surface area contributed by atoms with E-state index in [0.29, 0.717) is 26.1 Å². The highest BCUT2D eigenvalue weighted by atomic mass is 16.5. The minimum absolute atomic E-state index is 0.0145. The van der Waals surface area contributed by atoms with E-state index in [-0.39, 0.29) is 17.9 Å². The Labute approximate surface area is 125 Å². The van der Waals surface area contributed by atoms with Gasteiger partial charge in [-0.25, -0.2) is 4.79 Å². The van der Waals surface area contributed by atoms with Gasteiger partial charge in [0.25, 0.3) is 0 Å². The van der Waals surface area contributed by atoms with Gasteiger partial charge in [-0.1, -0.05) is 26.2 Å². The molecule has 3 N–H and O–H groups in total. The van der Waals surface area contributed by atoms with Crippen molar-refractivity contribution in [1.82, 2.24) is 10.6 Å². The van der Waals surface area contributed by atoms with Gasteiger partial charge in [0.2, 0.25) is 5.91 Å². The monoisotopic (exact) mass is 298 g/mol. The maximum absolute atomic E-state index is 12.5. The molecule has 0 bridgehead atoms. The van der Waals surface area contributed by atoms with Crippen molar-refractivity contribution in [2.75, 3.05) is 19.8 Å². The topological polar surface area (TPSA) is 87.7 Å². The number of rotatable bonds is 6. The molecule has 0 radical (unpaired) electrons. The number of carbonyl (C=O) groups is 2. The summed E-state index contributed by atoms with van der Waals surface area (Å²) in [5.74, 6) is -1.40. The van der Waals surface area contributed by atoms with Crippen LogP contribution in [0, 0.1) is 5.92 Å². The molecular weight excluding hydrogens is 272 g/mol. The van der Waals surface area contributed by atoms with E-state index in [2.05, 4.69) is 17.6 Å². The molecule has 2 aliphatic rings. The number of carboxylic acids is 1. The van der Waals surface area contributed by atoms with Crippen LogP contribution in [0.2, 0.25) is 0 Å². The zero-order chi connectivity index (χ0) is 15.3. The first kappa shape index (κ1) is 16.2. The van der Waals surface area contributed by atoms with Gasteiger partial charge >= 0.3 is 5.97 Å². The van der Waals surface area contributed by atoms with Gasteiger partial charge in [0, 0.05) is 6.04 Å². The molecule has 1 heterocycles. The van der Waals surface area contributed by atoms with Crippen LogP contribution in [0.15, 0.2) is 0 Å². The summed E-state index contributed by atoms with van der Waals surface area (Å²) in [7, 11) is 0. The van der Waals surface area contributed by atoms with Crippen LogP contribution in [-0.4, -0.2) is 48.3 Å². The third kappa shape index (κ3) is 3.74. The third-order valence-electron chi connectivity index (χ3n) is 4.55. The van der Waals surface area contributed by atoms with E-state index in [4.69, 9.17) is 4.74 Å². The Hall–Kier alpha value is -1.14. The molecule has 120 valence electrons. The molecule has 1 saturated heterocycles. The van der Waals surface area contributed by atoms with Crippen molar-refractivity contribution >= 4 is 11.9 Å². The van der Waals surface area contributed by atoms with Crippen LogP contribution in [0.4, 0.5) is 0 Å². The molecule has 1 aliphatic carbocycles. The molecule has 0 spiro atoms. The van der Waals surface area contributed by atoms with Crippen molar-refractivity contribution < 1.29 is 19.4 Å². The Morgan fingerprint density at radius 2 is 1.95 bits per heavy atom. The molecule has 0 aromatic rings. The number of carboxylic acid groups (broad SMARTS) is 1. The van der Waals surface area contributed by atoms with Crippen molar-refractivity contribution in [3.63, 3.8) is 0 Å². The molecule has 1 amide bonds. The van der Waals surface area contributed by atoms with E-state index in [0.717, 1.165) is 32.2 Å². The van der Waals surface area contributed by atoms with Crippen molar-refractivity contribution in [1.29, 1.82) is 0 Å². The van der Waals surface area contributed by atoms with Gasteiger partial charge in [-0.05, 0) is 25.8 Å². The lowest BCUT2D eigenvalue weighted by molar-refractivity contribution is -0.150. The predicted molar refractivity (Wildman–Crippen MR) is 78.0 cm³/mol. The van der Waals surface area contributed by atoms with Gasteiger partial charge in [-0.2, -0.15) is 0 Å². The summed E-state index contributed by atoms with van der Waals surface area (Å²) in [4.78, 5) is 24.1. The van der Waals surface area contributed by atoms with E-state index >= 15 is 0 Å². The van der Waals surface area contributed by atoms with Crippen LogP contribution < -0.4 is 10.6 Å². The van der Waals surface area contributed by atoms with E-state index in [1.165, 1.54) is 0 Å². The Morgan fingerprint density at radius 1 is 1.24 bits per heavy atom. The summed E-state index contributed by atoms with van der Waals surface area (Å²) in [5, 5.41) is 15.7. The largest absolute Gasteiger partial charge is 0.480 e. The quantitative estimate of drug-likeness (QED) is 0.678. The van der Waals surface area contributed by atoms with Gasteiger partial charge < -0.3 is 20.5 Å². The molecule has 1 aliphatic heterocycles. The summed E-state index contributed by atoms with van der Waals surface area (Å²) >= 11 is 0. The Kier molecular flexibility index (Phi) is 5.58. The first-order valence-corrected chi connectivity index (χ1v) is 7.95. The second-order valence-electron chi connectivity index (χ2n) is 6.14. The highest BCUT2D eigenvalue weighted by Gasteiger charge is 2.44. The molecule has 2 rings (SSSR count). The lowest BCUT2D eigenvalue weighted by atomic mass is 9.81. The van der Waals surface area contributed by atoms with Crippen molar-refractivity contribution in [2.24, 2.45) is 5.92 Å².